The molecule has 0 radical (unpaired) electrons. The van der Waals surface area contributed by atoms with Gasteiger partial charge < -0.3 is 5.32 Å². The van der Waals surface area contributed by atoms with Gasteiger partial charge in [-0.2, -0.15) is 0 Å². The van der Waals surface area contributed by atoms with Crippen LogP contribution in [0.1, 0.15) is 78.6 Å². The molecule has 1 unspecified atom stereocenters. The molecule has 2 saturated carbocycles. The third-order valence-electron chi connectivity index (χ3n) is 5.18. The highest BCUT2D eigenvalue weighted by atomic mass is 15.0. The molecular weight excluding hydrogens is 206 g/mol. The van der Waals surface area contributed by atoms with Gasteiger partial charge in [0.25, 0.3) is 0 Å². The highest BCUT2D eigenvalue weighted by Gasteiger charge is 2.27. The van der Waals surface area contributed by atoms with Crippen LogP contribution in [0.25, 0.3) is 0 Å². The molecule has 0 heterocycles. The van der Waals surface area contributed by atoms with Crippen molar-refractivity contribution in [3.8, 4) is 0 Å². The molecule has 2 fully saturated rings. The quantitative estimate of drug-likeness (QED) is 0.712. The lowest BCUT2D eigenvalue weighted by Crippen LogP contribution is -2.40. The zero-order valence-electron chi connectivity index (χ0n) is 12.1. The summed E-state index contributed by atoms with van der Waals surface area (Å²) in [5, 5.41) is 3.94. The SMILES string of the molecule is C[C@@H](NC1CCCC(C)(C)CC1)C1CCCC1. The van der Waals surface area contributed by atoms with Gasteiger partial charge in [-0.3, -0.25) is 0 Å². The van der Waals surface area contributed by atoms with E-state index in [1.54, 1.807) is 0 Å². The number of hydrogen-bond acceptors (Lipinski definition) is 1. The van der Waals surface area contributed by atoms with Gasteiger partial charge in [0.05, 0.1) is 0 Å². The zero-order chi connectivity index (χ0) is 12.3. The fourth-order valence-electron chi connectivity index (χ4n) is 3.79. The van der Waals surface area contributed by atoms with Crippen LogP contribution in [-0.4, -0.2) is 12.1 Å². The van der Waals surface area contributed by atoms with E-state index in [1.807, 2.05) is 0 Å². The minimum absolute atomic E-state index is 0.590. The van der Waals surface area contributed by atoms with E-state index in [0.717, 1.165) is 18.0 Å². The van der Waals surface area contributed by atoms with Crippen molar-refractivity contribution in [2.45, 2.75) is 90.6 Å². The van der Waals surface area contributed by atoms with Crippen LogP contribution >= 0.6 is 0 Å². The van der Waals surface area contributed by atoms with Crippen molar-refractivity contribution in [3.63, 3.8) is 0 Å². The van der Waals surface area contributed by atoms with Gasteiger partial charge in [-0.05, 0) is 56.8 Å². The van der Waals surface area contributed by atoms with Crippen molar-refractivity contribution in [1.82, 2.24) is 5.32 Å². The van der Waals surface area contributed by atoms with Crippen LogP contribution < -0.4 is 5.32 Å². The van der Waals surface area contributed by atoms with Crippen LogP contribution in [-0.2, 0) is 0 Å². The average molecular weight is 237 g/mol. The molecule has 2 aliphatic rings. The van der Waals surface area contributed by atoms with Gasteiger partial charge in [-0.1, -0.05) is 33.1 Å². The Hall–Kier alpha value is -0.0400. The predicted molar refractivity (Wildman–Crippen MR) is 75.2 cm³/mol. The summed E-state index contributed by atoms with van der Waals surface area (Å²) in [7, 11) is 0. The third kappa shape index (κ3) is 3.98. The van der Waals surface area contributed by atoms with E-state index >= 15 is 0 Å². The second-order valence-electron chi connectivity index (χ2n) is 7.29. The molecule has 2 aliphatic carbocycles. The molecular formula is C16H31N. The largest absolute Gasteiger partial charge is 0.311 e. The first kappa shape index (κ1) is 13.4. The summed E-state index contributed by atoms with van der Waals surface area (Å²) in [4.78, 5) is 0. The van der Waals surface area contributed by atoms with Crippen LogP contribution in [0.15, 0.2) is 0 Å². The number of hydrogen-bond donors (Lipinski definition) is 1. The molecule has 0 saturated heterocycles. The summed E-state index contributed by atoms with van der Waals surface area (Å²) in [5.41, 5.74) is 0.590. The second kappa shape index (κ2) is 5.73. The standard InChI is InChI=1S/C16H31N/c1-13(14-7-4-5-8-14)17-15-9-6-11-16(2,3)12-10-15/h13-15,17H,4-12H2,1-3H3/t13-,15?/m1/s1. The van der Waals surface area contributed by atoms with Crippen molar-refractivity contribution in [1.29, 1.82) is 0 Å². The van der Waals surface area contributed by atoms with Gasteiger partial charge in [-0.25, -0.2) is 0 Å². The van der Waals surface area contributed by atoms with Gasteiger partial charge in [-0.15, -0.1) is 0 Å². The topological polar surface area (TPSA) is 12.0 Å². The van der Waals surface area contributed by atoms with E-state index in [-0.39, 0.29) is 0 Å². The molecule has 2 atom stereocenters. The van der Waals surface area contributed by atoms with E-state index in [0.29, 0.717) is 5.41 Å². The number of rotatable bonds is 3. The Bertz CT molecular complexity index is 228. The third-order valence-corrected chi connectivity index (χ3v) is 5.18. The highest BCUT2D eigenvalue weighted by molar-refractivity contribution is 4.84. The van der Waals surface area contributed by atoms with E-state index < -0.39 is 0 Å². The molecule has 0 amide bonds. The summed E-state index contributed by atoms with van der Waals surface area (Å²) in [6, 6.07) is 1.55. The Kier molecular flexibility index (Phi) is 4.52. The molecule has 1 nitrogen and oxygen atoms in total. The minimum atomic E-state index is 0.590. The minimum Gasteiger partial charge on any atom is -0.311 e. The molecule has 0 spiro atoms. The maximum absolute atomic E-state index is 3.94. The monoisotopic (exact) mass is 237 g/mol. The number of nitrogens with one attached hydrogen (secondary N) is 1. The van der Waals surface area contributed by atoms with Crippen LogP contribution in [0.4, 0.5) is 0 Å². The molecule has 1 heteroatoms. The van der Waals surface area contributed by atoms with Crippen molar-refractivity contribution in [3.05, 3.63) is 0 Å². The first-order valence-electron chi connectivity index (χ1n) is 7.83. The van der Waals surface area contributed by atoms with Gasteiger partial charge >= 0.3 is 0 Å². The van der Waals surface area contributed by atoms with Crippen LogP contribution in [0.2, 0.25) is 0 Å². The maximum atomic E-state index is 3.94. The summed E-state index contributed by atoms with van der Waals surface area (Å²) >= 11 is 0. The van der Waals surface area contributed by atoms with Crippen molar-refractivity contribution in [2.24, 2.45) is 11.3 Å². The Balaban J connectivity index is 1.78. The van der Waals surface area contributed by atoms with Gasteiger partial charge in [0.1, 0.15) is 0 Å². The Labute approximate surface area is 108 Å². The van der Waals surface area contributed by atoms with Gasteiger partial charge in [0.15, 0.2) is 0 Å². The Morgan fingerprint density at radius 3 is 2.35 bits per heavy atom. The Morgan fingerprint density at radius 1 is 0.941 bits per heavy atom. The van der Waals surface area contributed by atoms with Crippen molar-refractivity contribution < 1.29 is 0 Å². The fraction of sp³-hybridized carbons (Fsp3) is 1.00. The normalized spacial score (nSPS) is 32.3. The molecule has 1 N–H and O–H groups in total. The average Bonchev–Trinajstić information content (AvgIpc) is 2.73. The zero-order valence-corrected chi connectivity index (χ0v) is 12.1. The smallest absolute Gasteiger partial charge is 0.00698 e. The maximum Gasteiger partial charge on any atom is 0.00698 e. The molecule has 0 aliphatic heterocycles. The predicted octanol–water partition coefficient (Wildman–Crippen LogP) is 4.51. The van der Waals surface area contributed by atoms with Crippen LogP contribution in [0.3, 0.4) is 0 Å². The lowest BCUT2D eigenvalue weighted by molar-refractivity contribution is 0.296. The molecule has 100 valence electrons. The van der Waals surface area contributed by atoms with E-state index in [9.17, 15) is 0 Å². The van der Waals surface area contributed by atoms with Crippen molar-refractivity contribution >= 4 is 0 Å². The van der Waals surface area contributed by atoms with Crippen molar-refractivity contribution in [2.75, 3.05) is 0 Å². The van der Waals surface area contributed by atoms with Crippen LogP contribution in [0.5, 0.6) is 0 Å². The Morgan fingerprint density at radius 2 is 1.65 bits per heavy atom. The summed E-state index contributed by atoms with van der Waals surface area (Å²) in [5.74, 6) is 0.964. The molecule has 0 aromatic rings. The summed E-state index contributed by atoms with van der Waals surface area (Å²) in [6.07, 6.45) is 12.9. The summed E-state index contributed by atoms with van der Waals surface area (Å²) < 4.78 is 0. The lowest BCUT2D eigenvalue weighted by Gasteiger charge is -2.27. The van der Waals surface area contributed by atoms with Crippen LogP contribution in [0, 0.1) is 11.3 Å². The van der Waals surface area contributed by atoms with Gasteiger partial charge in [0, 0.05) is 12.1 Å². The molecule has 2 rings (SSSR count). The fourth-order valence-corrected chi connectivity index (χ4v) is 3.79. The second-order valence-corrected chi connectivity index (χ2v) is 7.29. The summed E-state index contributed by atoms with van der Waals surface area (Å²) in [6.45, 7) is 7.30. The molecule has 0 bridgehead atoms. The van der Waals surface area contributed by atoms with E-state index in [2.05, 4.69) is 26.1 Å². The van der Waals surface area contributed by atoms with E-state index in [4.69, 9.17) is 0 Å². The first-order chi connectivity index (χ1) is 8.07. The molecule has 17 heavy (non-hydrogen) atoms. The highest BCUT2D eigenvalue weighted by Crippen LogP contribution is 2.34. The lowest BCUT2D eigenvalue weighted by atomic mass is 9.85. The first-order valence-corrected chi connectivity index (χ1v) is 7.83. The van der Waals surface area contributed by atoms with Gasteiger partial charge in [0.2, 0.25) is 0 Å². The van der Waals surface area contributed by atoms with E-state index in [1.165, 1.54) is 57.8 Å². The molecule has 0 aromatic heterocycles. The molecule has 0 aromatic carbocycles.